The molecule has 0 unspecified atom stereocenters. The molecule has 4 rings (SSSR count). The molecule has 0 aliphatic carbocycles. The van der Waals surface area contributed by atoms with Gasteiger partial charge in [-0.2, -0.15) is 0 Å². The average Bonchev–Trinajstić information content (AvgIpc) is 2.85. The Labute approximate surface area is 190 Å². The summed E-state index contributed by atoms with van der Waals surface area (Å²) in [6.45, 7) is 0. The number of para-hydroxylation sites is 1. The Kier molecular flexibility index (Phi) is 6.14. The van der Waals surface area contributed by atoms with E-state index in [1.54, 1.807) is 68.9 Å². The number of halogens is 1. The molecule has 1 amide bonds. The minimum Gasteiger partial charge on any atom is -0.505 e. The second-order valence-electron chi connectivity index (χ2n) is 7.07. The Morgan fingerprint density at radius 3 is 2.47 bits per heavy atom. The first-order chi connectivity index (χ1) is 15.5. The van der Waals surface area contributed by atoms with Crippen LogP contribution in [0.25, 0.3) is 10.9 Å². The van der Waals surface area contributed by atoms with Crippen molar-refractivity contribution in [3.05, 3.63) is 94.6 Å². The van der Waals surface area contributed by atoms with Crippen LogP contribution in [0.5, 0.6) is 17.2 Å². The molecule has 4 aromatic rings. The monoisotopic (exact) mass is 448 g/mol. The molecule has 0 radical (unpaired) electrons. The third-order valence-electron chi connectivity index (χ3n) is 5.23. The summed E-state index contributed by atoms with van der Waals surface area (Å²) < 4.78 is 10.7. The van der Waals surface area contributed by atoms with Crippen molar-refractivity contribution in [2.45, 2.75) is 6.04 Å². The summed E-state index contributed by atoms with van der Waals surface area (Å²) in [4.78, 5) is 17.4. The van der Waals surface area contributed by atoms with Gasteiger partial charge in [0.15, 0.2) is 0 Å². The van der Waals surface area contributed by atoms with Gasteiger partial charge in [-0.15, -0.1) is 0 Å². The largest absolute Gasteiger partial charge is 0.505 e. The number of hydrogen-bond acceptors (Lipinski definition) is 5. The van der Waals surface area contributed by atoms with Crippen LogP contribution in [0.2, 0.25) is 5.02 Å². The number of carbonyl (C=O) groups is 1. The van der Waals surface area contributed by atoms with Crippen LogP contribution in [-0.4, -0.2) is 30.2 Å². The van der Waals surface area contributed by atoms with Gasteiger partial charge >= 0.3 is 0 Å². The molecule has 0 saturated heterocycles. The Bertz CT molecular complexity index is 1270. The highest BCUT2D eigenvalue weighted by molar-refractivity contribution is 6.35. The van der Waals surface area contributed by atoms with Crippen LogP contribution in [0, 0.1) is 0 Å². The van der Waals surface area contributed by atoms with Crippen molar-refractivity contribution >= 4 is 28.4 Å². The number of phenolic OH excluding ortho intramolecular Hbond substituents is 1. The molecule has 0 spiro atoms. The number of rotatable bonds is 6. The molecule has 0 bridgehead atoms. The summed E-state index contributed by atoms with van der Waals surface area (Å²) in [7, 11) is 3.11. The van der Waals surface area contributed by atoms with Gasteiger partial charge in [0, 0.05) is 28.3 Å². The summed E-state index contributed by atoms with van der Waals surface area (Å²) in [5.74, 6) is 0.813. The van der Waals surface area contributed by atoms with Gasteiger partial charge in [0.2, 0.25) is 0 Å². The van der Waals surface area contributed by atoms with Gasteiger partial charge in [-0.1, -0.05) is 29.8 Å². The van der Waals surface area contributed by atoms with Crippen LogP contribution in [0.1, 0.15) is 27.5 Å². The molecular weight excluding hydrogens is 428 g/mol. The van der Waals surface area contributed by atoms with Gasteiger partial charge in [0.05, 0.1) is 25.3 Å². The number of benzene rings is 3. The van der Waals surface area contributed by atoms with Gasteiger partial charge in [-0.3, -0.25) is 9.78 Å². The van der Waals surface area contributed by atoms with Crippen LogP contribution in [0.4, 0.5) is 0 Å². The van der Waals surface area contributed by atoms with E-state index in [9.17, 15) is 9.90 Å². The first-order valence-electron chi connectivity index (χ1n) is 9.87. The third kappa shape index (κ3) is 4.05. The van der Waals surface area contributed by atoms with Crippen molar-refractivity contribution in [2.75, 3.05) is 14.2 Å². The molecule has 1 atom stereocenters. The van der Waals surface area contributed by atoms with Gasteiger partial charge in [-0.25, -0.2) is 0 Å². The lowest BCUT2D eigenvalue weighted by Gasteiger charge is -2.23. The molecule has 3 aromatic carbocycles. The fourth-order valence-corrected chi connectivity index (χ4v) is 3.88. The van der Waals surface area contributed by atoms with Crippen molar-refractivity contribution < 1.29 is 19.4 Å². The van der Waals surface area contributed by atoms with Gasteiger partial charge in [0.1, 0.15) is 22.8 Å². The minimum atomic E-state index is -0.746. The van der Waals surface area contributed by atoms with E-state index in [1.807, 2.05) is 18.2 Å². The first-order valence-corrected chi connectivity index (χ1v) is 10.2. The maximum Gasteiger partial charge on any atom is 0.252 e. The molecule has 7 heteroatoms. The van der Waals surface area contributed by atoms with Gasteiger partial charge in [-0.05, 0) is 48.5 Å². The number of nitrogens with zero attached hydrogens (tertiary/aromatic N) is 1. The summed E-state index contributed by atoms with van der Waals surface area (Å²) in [6.07, 6.45) is 1.58. The lowest BCUT2D eigenvalue weighted by molar-refractivity contribution is 0.0942. The zero-order valence-corrected chi connectivity index (χ0v) is 18.3. The maximum absolute atomic E-state index is 13.1. The van der Waals surface area contributed by atoms with Gasteiger partial charge < -0.3 is 19.9 Å². The van der Waals surface area contributed by atoms with E-state index in [-0.39, 0.29) is 11.7 Å². The Morgan fingerprint density at radius 2 is 1.75 bits per heavy atom. The highest BCUT2D eigenvalue weighted by Crippen LogP contribution is 2.40. The fourth-order valence-electron chi connectivity index (χ4n) is 3.61. The van der Waals surface area contributed by atoms with Crippen LogP contribution in [-0.2, 0) is 0 Å². The van der Waals surface area contributed by atoms with Crippen LogP contribution in [0.3, 0.4) is 0 Å². The zero-order chi connectivity index (χ0) is 22.7. The second-order valence-corrected chi connectivity index (χ2v) is 7.48. The zero-order valence-electron chi connectivity index (χ0n) is 17.5. The quantitative estimate of drug-likeness (QED) is 0.427. The number of fused-ring (bicyclic) bond motifs is 1. The van der Waals surface area contributed by atoms with E-state index >= 15 is 0 Å². The Balaban J connectivity index is 1.84. The highest BCUT2D eigenvalue weighted by Gasteiger charge is 2.26. The molecule has 6 nitrogen and oxygen atoms in total. The molecule has 2 N–H and O–H groups in total. The predicted molar refractivity (Wildman–Crippen MR) is 124 cm³/mol. The van der Waals surface area contributed by atoms with Crippen molar-refractivity contribution in [3.63, 3.8) is 0 Å². The Morgan fingerprint density at radius 1 is 1.00 bits per heavy atom. The van der Waals surface area contributed by atoms with Crippen molar-refractivity contribution in [1.29, 1.82) is 0 Å². The standard InChI is InChI=1S/C25H21ClN2O4/c1-31-16-11-9-15(10-12-16)25(30)28-22(18-6-3-4-8-21(18)32-2)19-14-20(26)17-7-5-13-27-23(17)24(19)29/h3-14,22,29H,1-2H3,(H,28,30)/t22-/m0/s1. The van der Waals surface area contributed by atoms with Crippen LogP contribution < -0.4 is 14.8 Å². The summed E-state index contributed by atoms with van der Waals surface area (Å²) >= 11 is 6.52. The van der Waals surface area contributed by atoms with Gasteiger partial charge in [0.25, 0.3) is 5.91 Å². The molecular formula is C25H21ClN2O4. The van der Waals surface area contributed by atoms with Crippen molar-refractivity contribution in [3.8, 4) is 17.2 Å². The normalized spacial score (nSPS) is 11.7. The fraction of sp³-hybridized carbons (Fsp3) is 0.120. The van der Waals surface area contributed by atoms with Crippen LogP contribution >= 0.6 is 11.6 Å². The number of methoxy groups -OCH3 is 2. The van der Waals surface area contributed by atoms with Crippen molar-refractivity contribution in [2.24, 2.45) is 0 Å². The summed E-state index contributed by atoms with van der Waals surface area (Å²) in [6, 6.07) is 18.5. The SMILES string of the molecule is COc1ccc(C(=O)N[C@@H](c2ccccc2OC)c2cc(Cl)c3cccnc3c2O)cc1. The minimum absolute atomic E-state index is 0.0593. The third-order valence-corrected chi connectivity index (χ3v) is 5.55. The van der Waals surface area contributed by atoms with E-state index in [1.165, 1.54) is 0 Å². The lowest BCUT2D eigenvalue weighted by Crippen LogP contribution is -2.29. The van der Waals surface area contributed by atoms with E-state index in [0.717, 1.165) is 0 Å². The number of phenols is 1. The number of amides is 1. The number of hydrogen-bond donors (Lipinski definition) is 2. The van der Waals surface area contributed by atoms with E-state index < -0.39 is 6.04 Å². The van der Waals surface area contributed by atoms with E-state index in [2.05, 4.69) is 10.3 Å². The van der Waals surface area contributed by atoms with E-state index in [4.69, 9.17) is 21.1 Å². The summed E-state index contributed by atoms with van der Waals surface area (Å²) in [5.41, 5.74) is 1.87. The number of pyridine rings is 1. The molecule has 162 valence electrons. The van der Waals surface area contributed by atoms with Crippen molar-refractivity contribution in [1.82, 2.24) is 10.3 Å². The number of aromatic hydroxyl groups is 1. The lowest BCUT2D eigenvalue weighted by atomic mass is 9.95. The van der Waals surface area contributed by atoms with E-state index in [0.29, 0.717) is 44.1 Å². The summed E-state index contributed by atoms with van der Waals surface area (Å²) in [5, 5.41) is 15.1. The number of ether oxygens (including phenoxy) is 2. The maximum atomic E-state index is 13.1. The molecule has 0 aliphatic heterocycles. The number of nitrogens with one attached hydrogen (secondary N) is 1. The highest BCUT2D eigenvalue weighted by atomic mass is 35.5. The smallest absolute Gasteiger partial charge is 0.252 e. The second kappa shape index (κ2) is 9.16. The number of aromatic nitrogens is 1. The molecule has 0 fully saturated rings. The average molecular weight is 449 g/mol. The van der Waals surface area contributed by atoms with Crippen LogP contribution in [0.15, 0.2) is 72.9 Å². The molecule has 1 heterocycles. The topological polar surface area (TPSA) is 80.7 Å². The predicted octanol–water partition coefficient (Wildman–Crippen LogP) is 5.13. The molecule has 0 saturated carbocycles. The first kappa shape index (κ1) is 21.5. The molecule has 32 heavy (non-hydrogen) atoms. The number of carbonyl (C=O) groups excluding carboxylic acids is 1. The Hall–Kier alpha value is -3.77. The molecule has 1 aromatic heterocycles. The molecule has 0 aliphatic rings.